The van der Waals surface area contributed by atoms with Crippen molar-refractivity contribution >= 4 is 23.5 Å². The average Bonchev–Trinajstić information content (AvgIpc) is 3.31. The molecule has 1 aliphatic carbocycles. The van der Waals surface area contributed by atoms with E-state index in [-0.39, 0.29) is 18.4 Å². The highest BCUT2D eigenvalue weighted by molar-refractivity contribution is 5.96. The number of nitrogens with zero attached hydrogens (tertiary/aromatic N) is 2. The van der Waals surface area contributed by atoms with Crippen LogP contribution in [0.4, 0.5) is 5.69 Å². The maximum atomic E-state index is 12.4. The predicted octanol–water partition coefficient (Wildman–Crippen LogP) is 2.22. The van der Waals surface area contributed by atoms with E-state index in [0.29, 0.717) is 17.8 Å². The lowest BCUT2D eigenvalue weighted by Crippen LogP contribution is -2.36. The van der Waals surface area contributed by atoms with Gasteiger partial charge in [-0.3, -0.25) is 14.4 Å². The molecule has 1 N–H and O–H groups in total. The van der Waals surface area contributed by atoms with Gasteiger partial charge in [0.25, 0.3) is 5.91 Å². The Morgan fingerprint density at radius 2 is 2.07 bits per heavy atom. The molecule has 0 spiro atoms. The van der Waals surface area contributed by atoms with Crippen LogP contribution in [0.15, 0.2) is 24.3 Å². The normalized spacial score (nSPS) is 21.0. The molecule has 7 heteroatoms. The van der Waals surface area contributed by atoms with Crippen molar-refractivity contribution in [3.05, 3.63) is 29.8 Å². The third-order valence-electron chi connectivity index (χ3n) is 5.18. The summed E-state index contributed by atoms with van der Waals surface area (Å²) in [6.07, 6.45) is 3.39. The number of carbonyl (C=O) groups is 3. The Kier molecular flexibility index (Phi) is 5.75. The number of rotatable bonds is 5. The van der Waals surface area contributed by atoms with Crippen molar-refractivity contribution in [3.63, 3.8) is 0 Å². The van der Waals surface area contributed by atoms with Crippen molar-refractivity contribution in [1.29, 1.82) is 5.26 Å². The SMILES string of the molecule is C[C@H](OC(=O)[C@H]1CC(=O)N(C2CCCC2)C1)C(=O)Nc1cccc(C#N)c1. The number of nitrogens with one attached hydrogen (secondary N) is 1. The van der Waals surface area contributed by atoms with Crippen LogP contribution in [-0.2, 0) is 19.1 Å². The number of carbonyl (C=O) groups excluding carboxylic acids is 3. The number of benzene rings is 1. The van der Waals surface area contributed by atoms with E-state index < -0.39 is 23.9 Å². The van der Waals surface area contributed by atoms with Crippen LogP contribution in [0.1, 0.15) is 44.6 Å². The molecule has 2 fully saturated rings. The molecule has 3 rings (SSSR count). The highest BCUT2D eigenvalue weighted by atomic mass is 16.5. The van der Waals surface area contributed by atoms with Crippen molar-refractivity contribution in [2.75, 3.05) is 11.9 Å². The van der Waals surface area contributed by atoms with Crippen LogP contribution in [0.5, 0.6) is 0 Å². The summed E-state index contributed by atoms with van der Waals surface area (Å²) in [5.41, 5.74) is 0.888. The topological polar surface area (TPSA) is 99.5 Å². The minimum Gasteiger partial charge on any atom is -0.452 e. The zero-order valence-electron chi connectivity index (χ0n) is 15.3. The standard InChI is InChI=1S/C20H23N3O4/c1-13(19(25)22-16-6-4-5-14(9-16)11-21)27-20(26)15-10-18(24)23(12-15)17-7-2-3-8-17/h4-6,9,13,15,17H,2-3,7-8,10,12H2,1H3,(H,22,25)/t13-,15-/m0/s1. The lowest BCUT2D eigenvalue weighted by molar-refractivity contribution is -0.157. The van der Waals surface area contributed by atoms with Gasteiger partial charge >= 0.3 is 5.97 Å². The molecule has 2 aliphatic rings. The second-order valence-corrected chi connectivity index (χ2v) is 7.15. The number of esters is 1. The van der Waals surface area contributed by atoms with E-state index in [1.54, 1.807) is 29.2 Å². The molecule has 1 saturated carbocycles. The van der Waals surface area contributed by atoms with Gasteiger partial charge in [-0.2, -0.15) is 5.26 Å². The summed E-state index contributed by atoms with van der Waals surface area (Å²) >= 11 is 0. The molecule has 1 aromatic carbocycles. The van der Waals surface area contributed by atoms with Gasteiger partial charge in [0.2, 0.25) is 5.91 Å². The summed E-state index contributed by atoms with van der Waals surface area (Å²) in [7, 11) is 0. The number of nitriles is 1. The van der Waals surface area contributed by atoms with E-state index >= 15 is 0 Å². The van der Waals surface area contributed by atoms with Gasteiger partial charge in [-0.15, -0.1) is 0 Å². The minimum atomic E-state index is -0.987. The van der Waals surface area contributed by atoms with Crippen LogP contribution in [0.2, 0.25) is 0 Å². The van der Waals surface area contributed by atoms with Gasteiger partial charge in [0.15, 0.2) is 6.10 Å². The van der Waals surface area contributed by atoms with Crippen molar-refractivity contribution < 1.29 is 19.1 Å². The van der Waals surface area contributed by atoms with Gasteiger partial charge in [-0.05, 0) is 38.0 Å². The maximum Gasteiger partial charge on any atom is 0.312 e. The van der Waals surface area contributed by atoms with Crippen molar-refractivity contribution in [2.24, 2.45) is 5.92 Å². The third-order valence-corrected chi connectivity index (χ3v) is 5.18. The molecule has 27 heavy (non-hydrogen) atoms. The smallest absolute Gasteiger partial charge is 0.312 e. The summed E-state index contributed by atoms with van der Waals surface area (Å²) in [4.78, 5) is 38.7. The number of hydrogen-bond acceptors (Lipinski definition) is 5. The van der Waals surface area contributed by atoms with Crippen LogP contribution < -0.4 is 5.32 Å². The van der Waals surface area contributed by atoms with E-state index in [4.69, 9.17) is 10.00 Å². The Morgan fingerprint density at radius 1 is 1.33 bits per heavy atom. The quantitative estimate of drug-likeness (QED) is 0.802. The van der Waals surface area contributed by atoms with Gasteiger partial charge in [-0.1, -0.05) is 18.9 Å². The van der Waals surface area contributed by atoms with Gasteiger partial charge < -0.3 is 15.0 Å². The molecule has 2 atom stereocenters. The van der Waals surface area contributed by atoms with Crippen molar-refractivity contribution in [3.8, 4) is 6.07 Å². The Labute approximate surface area is 158 Å². The van der Waals surface area contributed by atoms with Gasteiger partial charge in [0.05, 0.1) is 17.6 Å². The number of likely N-dealkylation sites (tertiary alicyclic amines) is 1. The Morgan fingerprint density at radius 3 is 2.78 bits per heavy atom. The number of hydrogen-bond donors (Lipinski definition) is 1. The lowest BCUT2D eigenvalue weighted by atomic mass is 10.1. The summed E-state index contributed by atoms with van der Waals surface area (Å²) in [5.74, 6) is -1.52. The Bertz CT molecular complexity index is 780. The molecule has 1 aliphatic heterocycles. The first-order valence-electron chi connectivity index (χ1n) is 9.29. The summed E-state index contributed by atoms with van der Waals surface area (Å²) in [6, 6.07) is 8.73. The van der Waals surface area contributed by atoms with Crippen LogP contribution >= 0.6 is 0 Å². The number of anilines is 1. The van der Waals surface area contributed by atoms with E-state index in [0.717, 1.165) is 25.7 Å². The average molecular weight is 369 g/mol. The van der Waals surface area contributed by atoms with Crippen LogP contribution in [0.3, 0.4) is 0 Å². The van der Waals surface area contributed by atoms with Crippen molar-refractivity contribution in [2.45, 2.75) is 51.2 Å². The molecule has 1 saturated heterocycles. The summed E-state index contributed by atoms with van der Waals surface area (Å²) in [5, 5.41) is 11.5. The van der Waals surface area contributed by atoms with Gasteiger partial charge in [0, 0.05) is 24.7 Å². The monoisotopic (exact) mass is 369 g/mol. The fraction of sp³-hybridized carbons (Fsp3) is 0.500. The van der Waals surface area contributed by atoms with Crippen molar-refractivity contribution in [1.82, 2.24) is 4.90 Å². The van der Waals surface area contributed by atoms with E-state index in [1.165, 1.54) is 6.92 Å². The third kappa shape index (κ3) is 4.45. The highest BCUT2D eigenvalue weighted by Crippen LogP contribution is 2.30. The first-order valence-corrected chi connectivity index (χ1v) is 9.29. The molecule has 0 radical (unpaired) electrons. The van der Waals surface area contributed by atoms with Crippen LogP contribution in [-0.4, -0.2) is 41.4 Å². The zero-order valence-corrected chi connectivity index (χ0v) is 15.3. The molecule has 2 amide bonds. The lowest BCUT2D eigenvalue weighted by Gasteiger charge is -2.24. The largest absolute Gasteiger partial charge is 0.452 e. The molecular weight excluding hydrogens is 346 g/mol. The van der Waals surface area contributed by atoms with Gasteiger partial charge in [-0.25, -0.2) is 0 Å². The fourth-order valence-corrected chi connectivity index (χ4v) is 3.69. The molecule has 7 nitrogen and oxygen atoms in total. The Balaban J connectivity index is 1.53. The van der Waals surface area contributed by atoms with E-state index in [2.05, 4.69) is 5.32 Å². The Hall–Kier alpha value is -2.88. The first kappa shape index (κ1) is 18.9. The first-order chi connectivity index (χ1) is 13.0. The maximum absolute atomic E-state index is 12.4. The van der Waals surface area contributed by atoms with E-state index in [9.17, 15) is 14.4 Å². The molecule has 1 aromatic rings. The summed E-state index contributed by atoms with van der Waals surface area (Å²) < 4.78 is 5.29. The minimum absolute atomic E-state index is 0.00530. The van der Waals surface area contributed by atoms with Crippen LogP contribution in [0.25, 0.3) is 0 Å². The second kappa shape index (κ2) is 8.21. The second-order valence-electron chi connectivity index (χ2n) is 7.15. The molecule has 0 bridgehead atoms. The molecule has 142 valence electrons. The summed E-state index contributed by atoms with van der Waals surface area (Å²) in [6.45, 7) is 1.87. The number of ether oxygens (including phenoxy) is 1. The van der Waals surface area contributed by atoms with Crippen LogP contribution in [0, 0.1) is 17.2 Å². The highest BCUT2D eigenvalue weighted by Gasteiger charge is 2.40. The molecule has 0 aromatic heterocycles. The zero-order chi connectivity index (χ0) is 19.4. The molecular formula is C20H23N3O4. The van der Waals surface area contributed by atoms with E-state index in [1.807, 2.05) is 6.07 Å². The fourth-order valence-electron chi connectivity index (χ4n) is 3.69. The van der Waals surface area contributed by atoms with Gasteiger partial charge in [0.1, 0.15) is 0 Å². The number of amides is 2. The predicted molar refractivity (Wildman–Crippen MR) is 97.4 cm³/mol. The molecule has 1 heterocycles. The molecule has 0 unspecified atom stereocenters.